The molecule has 3 fully saturated rings. The van der Waals surface area contributed by atoms with Crippen LogP contribution in [0.5, 0.6) is 0 Å². The molecule has 0 aromatic rings. The second kappa shape index (κ2) is 11.0. The summed E-state index contributed by atoms with van der Waals surface area (Å²) in [6.07, 6.45) is -16.5. The minimum absolute atomic E-state index is 0.0849. The maximum absolute atomic E-state index is 10.9. The normalized spacial score (nSPS) is 53.7. The lowest BCUT2D eigenvalue weighted by Crippen LogP contribution is -2.68. The van der Waals surface area contributed by atoms with Crippen molar-refractivity contribution in [2.45, 2.75) is 98.2 Å². The Morgan fingerprint density at radius 1 is 0.667 bits per heavy atom. The summed E-state index contributed by atoms with van der Waals surface area (Å²) in [5.41, 5.74) is 23.5. The summed E-state index contributed by atoms with van der Waals surface area (Å²) < 4.78 is 22.2. The van der Waals surface area contributed by atoms with Crippen molar-refractivity contribution < 1.29 is 54.7 Å². The Morgan fingerprint density at radius 3 is 1.70 bits per heavy atom. The van der Waals surface area contributed by atoms with Crippen LogP contribution < -0.4 is 22.9 Å². The van der Waals surface area contributed by atoms with E-state index in [0.717, 1.165) is 0 Å². The summed E-state index contributed by atoms with van der Waals surface area (Å²) in [7, 11) is 0. The molecule has 2 saturated heterocycles. The zero-order chi connectivity index (χ0) is 24.6. The lowest BCUT2D eigenvalue weighted by Gasteiger charge is -2.48. The van der Waals surface area contributed by atoms with Crippen molar-refractivity contribution in [2.24, 2.45) is 22.9 Å². The summed E-state index contributed by atoms with van der Waals surface area (Å²) in [5.74, 6) is 0. The van der Waals surface area contributed by atoms with E-state index in [0.29, 0.717) is 0 Å². The monoisotopic (exact) mass is 484 g/mol. The lowest BCUT2D eigenvalue weighted by atomic mass is 9.84. The Bertz CT molecular complexity index is 584. The molecule has 0 bridgehead atoms. The van der Waals surface area contributed by atoms with E-state index >= 15 is 0 Å². The standard InChI is InChI=1S/C18H36N4O11/c19-2-6-10(25)12(27)13(28)18(30-6)33-16-5(21)1-4(20)15(14(16)29)32-17-11(26)8(22)9(24)7(3-23)31-17/h4-18,23-29H,1-3,19-22H2/t4?,5?,6?,7-,8?,9?,10-,11-,12?,13?,14-,15?,16?,17?,18-/m1/s1. The highest BCUT2D eigenvalue weighted by molar-refractivity contribution is 5.01. The number of aliphatic hydroxyl groups is 7. The van der Waals surface area contributed by atoms with Crippen molar-refractivity contribution in [3.8, 4) is 0 Å². The van der Waals surface area contributed by atoms with Crippen LogP contribution in [-0.4, -0.2) is 141 Å². The van der Waals surface area contributed by atoms with Gasteiger partial charge in [-0.15, -0.1) is 0 Å². The smallest absolute Gasteiger partial charge is 0.187 e. The van der Waals surface area contributed by atoms with Gasteiger partial charge in [0.15, 0.2) is 12.6 Å². The Kier molecular flexibility index (Phi) is 8.99. The molecular weight excluding hydrogens is 448 g/mol. The third-order valence-electron chi connectivity index (χ3n) is 6.48. The highest BCUT2D eigenvalue weighted by atomic mass is 16.7. The van der Waals surface area contributed by atoms with E-state index in [1.807, 2.05) is 0 Å². The van der Waals surface area contributed by atoms with Crippen LogP contribution in [0, 0.1) is 0 Å². The molecule has 0 amide bonds. The predicted octanol–water partition coefficient (Wildman–Crippen LogP) is -7.29. The van der Waals surface area contributed by atoms with Crippen LogP contribution in [0.3, 0.4) is 0 Å². The van der Waals surface area contributed by atoms with Crippen LogP contribution in [0.15, 0.2) is 0 Å². The van der Waals surface area contributed by atoms with Gasteiger partial charge in [-0.3, -0.25) is 0 Å². The van der Waals surface area contributed by atoms with E-state index in [2.05, 4.69) is 0 Å². The predicted molar refractivity (Wildman–Crippen MR) is 108 cm³/mol. The molecule has 2 aliphatic heterocycles. The van der Waals surface area contributed by atoms with Crippen LogP contribution in [0.1, 0.15) is 6.42 Å². The van der Waals surface area contributed by atoms with Crippen molar-refractivity contribution in [1.82, 2.24) is 0 Å². The fourth-order valence-corrected chi connectivity index (χ4v) is 4.40. The van der Waals surface area contributed by atoms with Crippen molar-refractivity contribution in [3.63, 3.8) is 0 Å². The number of ether oxygens (including phenoxy) is 4. The molecule has 194 valence electrons. The molecule has 3 rings (SSSR count). The lowest BCUT2D eigenvalue weighted by molar-refractivity contribution is -0.332. The largest absolute Gasteiger partial charge is 0.394 e. The molecule has 3 aliphatic rings. The maximum atomic E-state index is 10.9. The van der Waals surface area contributed by atoms with E-state index in [-0.39, 0.29) is 13.0 Å². The van der Waals surface area contributed by atoms with Gasteiger partial charge in [0.2, 0.25) is 0 Å². The molecule has 1 saturated carbocycles. The molecule has 15 atom stereocenters. The molecule has 0 radical (unpaired) electrons. The summed E-state index contributed by atoms with van der Waals surface area (Å²) in [6.45, 7) is -0.763. The van der Waals surface area contributed by atoms with Crippen LogP contribution in [0.4, 0.5) is 0 Å². The first-order valence-corrected chi connectivity index (χ1v) is 10.8. The van der Waals surface area contributed by atoms with E-state index in [1.54, 1.807) is 0 Å². The van der Waals surface area contributed by atoms with Gasteiger partial charge in [0.05, 0.1) is 12.6 Å². The summed E-state index contributed by atoms with van der Waals surface area (Å²) in [5, 5.41) is 70.9. The highest BCUT2D eigenvalue weighted by Crippen LogP contribution is 2.31. The number of aliphatic hydroxyl groups excluding tert-OH is 7. The molecule has 15 nitrogen and oxygen atoms in total. The van der Waals surface area contributed by atoms with Crippen LogP contribution in [0.2, 0.25) is 0 Å². The molecule has 15 N–H and O–H groups in total. The van der Waals surface area contributed by atoms with E-state index < -0.39 is 98.4 Å². The summed E-state index contributed by atoms with van der Waals surface area (Å²) in [4.78, 5) is 0. The first kappa shape index (κ1) is 27.0. The minimum Gasteiger partial charge on any atom is -0.394 e. The molecular formula is C18H36N4O11. The Balaban J connectivity index is 1.72. The van der Waals surface area contributed by atoms with Crippen molar-refractivity contribution in [1.29, 1.82) is 0 Å². The van der Waals surface area contributed by atoms with Crippen molar-refractivity contribution in [3.05, 3.63) is 0 Å². The number of nitrogens with two attached hydrogens (primary N) is 4. The van der Waals surface area contributed by atoms with E-state index in [1.165, 1.54) is 0 Å². The fourth-order valence-electron chi connectivity index (χ4n) is 4.40. The van der Waals surface area contributed by atoms with Crippen LogP contribution in [-0.2, 0) is 18.9 Å². The zero-order valence-corrected chi connectivity index (χ0v) is 17.9. The topological polar surface area (TPSA) is 283 Å². The van der Waals surface area contributed by atoms with Gasteiger partial charge in [-0.05, 0) is 6.42 Å². The number of hydrogen-bond donors (Lipinski definition) is 11. The average molecular weight is 485 g/mol. The molecule has 0 aromatic carbocycles. The van der Waals surface area contributed by atoms with Crippen molar-refractivity contribution in [2.75, 3.05) is 13.2 Å². The molecule has 33 heavy (non-hydrogen) atoms. The Labute approximate surface area is 189 Å². The number of rotatable bonds is 6. The second-order valence-electron chi connectivity index (χ2n) is 8.79. The van der Waals surface area contributed by atoms with E-state index in [9.17, 15) is 35.7 Å². The van der Waals surface area contributed by atoms with Gasteiger partial charge >= 0.3 is 0 Å². The molecule has 1 aliphatic carbocycles. The fraction of sp³-hybridized carbons (Fsp3) is 1.00. The molecule has 0 aromatic heterocycles. The van der Waals surface area contributed by atoms with Gasteiger partial charge in [-0.25, -0.2) is 0 Å². The van der Waals surface area contributed by atoms with E-state index in [4.69, 9.17) is 41.9 Å². The van der Waals surface area contributed by atoms with Gasteiger partial charge in [-0.2, -0.15) is 0 Å². The molecule has 0 spiro atoms. The zero-order valence-electron chi connectivity index (χ0n) is 17.9. The van der Waals surface area contributed by atoms with Crippen LogP contribution >= 0.6 is 0 Å². The Hall–Kier alpha value is -0.600. The summed E-state index contributed by atoms with van der Waals surface area (Å²) in [6, 6.07) is -2.86. The van der Waals surface area contributed by atoms with Crippen LogP contribution in [0.25, 0.3) is 0 Å². The quantitative estimate of drug-likeness (QED) is 0.167. The third-order valence-corrected chi connectivity index (χ3v) is 6.48. The minimum atomic E-state index is -1.66. The molecule has 2 heterocycles. The first-order chi connectivity index (χ1) is 15.5. The molecule has 10 unspecified atom stereocenters. The second-order valence-corrected chi connectivity index (χ2v) is 8.79. The third kappa shape index (κ3) is 5.32. The molecule has 15 heteroatoms. The van der Waals surface area contributed by atoms with Gasteiger partial charge < -0.3 is 77.6 Å². The maximum Gasteiger partial charge on any atom is 0.187 e. The van der Waals surface area contributed by atoms with Crippen molar-refractivity contribution >= 4 is 0 Å². The first-order valence-electron chi connectivity index (χ1n) is 10.8. The SMILES string of the molecule is NCC1O[C@H](OC2C(N)CC(N)C(OC3O[C@H](CO)C(O)C(N)[C@H]3O)[C@H]2O)C(O)C(O)[C@@H]1O. The average Bonchev–Trinajstić information content (AvgIpc) is 2.79. The van der Waals surface area contributed by atoms with Gasteiger partial charge in [0.25, 0.3) is 0 Å². The summed E-state index contributed by atoms with van der Waals surface area (Å²) >= 11 is 0. The van der Waals surface area contributed by atoms with Gasteiger partial charge in [0.1, 0.15) is 61.0 Å². The number of hydrogen-bond acceptors (Lipinski definition) is 15. The Morgan fingerprint density at radius 2 is 1.18 bits per heavy atom. The van der Waals surface area contributed by atoms with Gasteiger partial charge in [-0.1, -0.05) is 0 Å². The highest BCUT2D eigenvalue weighted by Gasteiger charge is 2.51. The van der Waals surface area contributed by atoms with Gasteiger partial charge in [0, 0.05) is 18.6 Å².